The van der Waals surface area contributed by atoms with Crippen molar-refractivity contribution in [3.63, 3.8) is 0 Å². The van der Waals surface area contributed by atoms with E-state index in [-0.39, 0.29) is 11.8 Å². The molecular formula is C16H23NO. The Morgan fingerprint density at radius 1 is 1.22 bits per heavy atom. The van der Waals surface area contributed by atoms with Crippen LogP contribution in [0.15, 0.2) is 30.3 Å². The summed E-state index contributed by atoms with van der Waals surface area (Å²) < 4.78 is 0. The zero-order chi connectivity index (χ0) is 13.3. The van der Waals surface area contributed by atoms with Gasteiger partial charge >= 0.3 is 0 Å². The summed E-state index contributed by atoms with van der Waals surface area (Å²) in [5.41, 5.74) is 1.36. The molecule has 0 radical (unpaired) electrons. The molecule has 0 aliphatic carbocycles. The number of hydrogen-bond acceptors (Lipinski definition) is 1. The highest BCUT2D eigenvalue weighted by Gasteiger charge is 2.39. The van der Waals surface area contributed by atoms with Crippen molar-refractivity contribution in [1.82, 2.24) is 4.90 Å². The number of carbonyl (C=O) groups excluding carboxylic acids is 1. The summed E-state index contributed by atoms with van der Waals surface area (Å²) >= 11 is 0. The van der Waals surface area contributed by atoms with Gasteiger partial charge in [0.2, 0.25) is 5.91 Å². The smallest absolute Gasteiger partial charge is 0.225 e. The van der Waals surface area contributed by atoms with E-state index in [0.717, 1.165) is 6.42 Å². The fourth-order valence-corrected chi connectivity index (χ4v) is 3.10. The summed E-state index contributed by atoms with van der Waals surface area (Å²) in [5, 5.41) is 0. The van der Waals surface area contributed by atoms with Gasteiger partial charge in [0.15, 0.2) is 0 Å². The Kier molecular flexibility index (Phi) is 3.74. The zero-order valence-electron chi connectivity index (χ0n) is 11.8. The molecule has 0 N–H and O–H groups in total. The maximum atomic E-state index is 12.3. The van der Waals surface area contributed by atoms with Crippen LogP contribution in [-0.4, -0.2) is 22.9 Å². The van der Waals surface area contributed by atoms with E-state index in [9.17, 15) is 4.79 Å². The third-order valence-corrected chi connectivity index (χ3v) is 4.07. The quantitative estimate of drug-likeness (QED) is 0.781. The van der Waals surface area contributed by atoms with Gasteiger partial charge in [0, 0.05) is 23.9 Å². The van der Waals surface area contributed by atoms with Crippen LogP contribution in [0.25, 0.3) is 0 Å². The highest BCUT2D eigenvalue weighted by Crippen LogP contribution is 2.37. The summed E-state index contributed by atoms with van der Waals surface area (Å²) in [6.45, 7) is 8.32. The van der Waals surface area contributed by atoms with Crippen molar-refractivity contribution < 1.29 is 4.79 Å². The number of amides is 1. The van der Waals surface area contributed by atoms with Crippen LogP contribution in [-0.2, 0) is 4.79 Å². The van der Waals surface area contributed by atoms with Gasteiger partial charge in [-0.3, -0.25) is 4.79 Å². The topological polar surface area (TPSA) is 20.3 Å². The first-order chi connectivity index (χ1) is 8.52. The molecule has 1 aromatic rings. The molecule has 0 spiro atoms. The number of carbonyl (C=O) groups is 1. The Bertz CT molecular complexity index is 412. The highest BCUT2D eigenvalue weighted by atomic mass is 16.2. The molecule has 0 saturated carbocycles. The lowest BCUT2D eigenvalue weighted by atomic mass is 9.92. The largest absolute Gasteiger partial charge is 0.336 e. The maximum absolute atomic E-state index is 12.3. The molecule has 1 aromatic carbocycles. The minimum absolute atomic E-state index is 0.0874. The fraction of sp³-hybridized carbons (Fsp3) is 0.562. The lowest BCUT2D eigenvalue weighted by Crippen LogP contribution is -2.41. The fourth-order valence-electron chi connectivity index (χ4n) is 3.10. The first kappa shape index (κ1) is 13.1. The van der Waals surface area contributed by atoms with Gasteiger partial charge in [0.25, 0.3) is 0 Å². The molecule has 2 rings (SSSR count). The van der Waals surface area contributed by atoms with Gasteiger partial charge in [0.05, 0.1) is 0 Å². The van der Waals surface area contributed by atoms with E-state index in [1.54, 1.807) is 0 Å². The molecule has 1 saturated heterocycles. The molecular weight excluding hydrogens is 222 g/mol. The minimum atomic E-state index is 0.0874. The summed E-state index contributed by atoms with van der Waals surface area (Å²) in [4.78, 5) is 14.4. The molecule has 0 bridgehead atoms. The van der Waals surface area contributed by atoms with Crippen LogP contribution in [0.5, 0.6) is 0 Å². The third kappa shape index (κ3) is 2.29. The number of hydrogen-bond donors (Lipinski definition) is 0. The van der Waals surface area contributed by atoms with Gasteiger partial charge in [0.1, 0.15) is 0 Å². The molecule has 2 heteroatoms. The van der Waals surface area contributed by atoms with E-state index in [4.69, 9.17) is 0 Å². The number of likely N-dealkylation sites (tertiary alicyclic amines) is 1. The molecule has 98 valence electrons. The molecule has 3 unspecified atom stereocenters. The molecule has 0 aromatic heterocycles. The Morgan fingerprint density at radius 2 is 1.83 bits per heavy atom. The van der Waals surface area contributed by atoms with E-state index in [1.807, 2.05) is 19.9 Å². The average molecular weight is 245 g/mol. The van der Waals surface area contributed by atoms with Crippen molar-refractivity contribution in [1.29, 1.82) is 0 Å². The number of benzene rings is 1. The van der Waals surface area contributed by atoms with Crippen LogP contribution in [0.4, 0.5) is 0 Å². The van der Waals surface area contributed by atoms with E-state index in [0.29, 0.717) is 18.0 Å². The lowest BCUT2D eigenvalue weighted by Gasteiger charge is -2.29. The summed E-state index contributed by atoms with van der Waals surface area (Å²) in [6.07, 6.45) is 1.07. The Balaban J connectivity index is 2.22. The predicted octanol–water partition coefficient (Wildman–Crippen LogP) is 3.44. The SMILES string of the molecule is CC(C)C(=O)N1C(C)CC(c2ccccc2)C1C. The first-order valence-electron chi connectivity index (χ1n) is 6.89. The molecule has 1 aliphatic heterocycles. The van der Waals surface area contributed by atoms with Crippen molar-refractivity contribution in [2.45, 2.75) is 52.1 Å². The van der Waals surface area contributed by atoms with Crippen molar-refractivity contribution >= 4 is 5.91 Å². The van der Waals surface area contributed by atoms with Crippen LogP contribution in [0, 0.1) is 5.92 Å². The Morgan fingerprint density at radius 3 is 2.39 bits per heavy atom. The number of rotatable bonds is 2. The van der Waals surface area contributed by atoms with Crippen LogP contribution in [0.2, 0.25) is 0 Å². The van der Waals surface area contributed by atoms with Crippen LogP contribution in [0.1, 0.15) is 45.6 Å². The van der Waals surface area contributed by atoms with E-state index in [1.165, 1.54) is 5.56 Å². The second-order valence-electron chi connectivity index (χ2n) is 5.74. The maximum Gasteiger partial charge on any atom is 0.225 e. The predicted molar refractivity (Wildman–Crippen MR) is 74.4 cm³/mol. The Labute approximate surface area is 110 Å². The molecule has 3 atom stereocenters. The van der Waals surface area contributed by atoms with Crippen LogP contribution < -0.4 is 0 Å². The monoisotopic (exact) mass is 245 g/mol. The van der Waals surface area contributed by atoms with Gasteiger partial charge < -0.3 is 4.90 Å². The summed E-state index contributed by atoms with van der Waals surface area (Å²) in [7, 11) is 0. The van der Waals surface area contributed by atoms with Gasteiger partial charge in [-0.1, -0.05) is 44.2 Å². The molecule has 1 amide bonds. The highest BCUT2D eigenvalue weighted by molar-refractivity contribution is 5.79. The Hall–Kier alpha value is -1.31. The van der Waals surface area contributed by atoms with Crippen molar-refractivity contribution in [3.8, 4) is 0 Å². The van der Waals surface area contributed by atoms with Gasteiger partial charge in [-0.15, -0.1) is 0 Å². The first-order valence-corrected chi connectivity index (χ1v) is 6.89. The van der Waals surface area contributed by atoms with Crippen LogP contribution in [0.3, 0.4) is 0 Å². The van der Waals surface area contributed by atoms with Crippen molar-refractivity contribution in [2.24, 2.45) is 5.92 Å². The summed E-state index contributed by atoms with van der Waals surface area (Å²) in [6, 6.07) is 11.2. The number of nitrogens with zero attached hydrogens (tertiary/aromatic N) is 1. The van der Waals surface area contributed by atoms with Gasteiger partial charge in [-0.2, -0.15) is 0 Å². The standard InChI is InChI=1S/C16H23NO/c1-11(2)16(18)17-12(3)10-15(13(17)4)14-8-6-5-7-9-14/h5-9,11-13,15H,10H2,1-4H3. The minimum Gasteiger partial charge on any atom is -0.336 e. The van der Waals surface area contributed by atoms with Gasteiger partial charge in [-0.25, -0.2) is 0 Å². The van der Waals surface area contributed by atoms with E-state index < -0.39 is 0 Å². The van der Waals surface area contributed by atoms with E-state index >= 15 is 0 Å². The summed E-state index contributed by atoms with van der Waals surface area (Å²) in [5.74, 6) is 0.849. The van der Waals surface area contributed by atoms with Crippen molar-refractivity contribution in [2.75, 3.05) is 0 Å². The normalized spacial score (nSPS) is 27.8. The second-order valence-corrected chi connectivity index (χ2v) is 5.74. The van der Waals surface area contributed by atoms with Gasteiger partial charge in [-0.05, 0) is 25.8 Å². The van der Waals surface area contributed by atoms with E-state index in [2.05, 4.69) is 43.0 Å². The molecule has 1 fully saturated rings. The molecule has 1 aliphatic rings. The molecule has 18 heavy (non-hydrogen) atoms. The second kappa shape index (κ2) is 5.13. The zero-order valence-corrected chi connectivity index (χ0v) is 11.8. The lowest BCUT2D eigenvalue weighted by molar-refractivity contribution is -0.136. The van der Waals surface area contributed by atoms with Crippen LogP contribution >= 0.6 is 0 Å². The molecule has 2 nitrogen and oxygen atoms in total. The third-order valence-electron chi connectivity index (χ3n) is 4.07. The van der Waals surface area contributed by atoms with Crippen molar-refractivity contribution in [3.05, 3.63) is 35.9 Å². The average Bonchev–Trinajstić information content (AvgIpc) is 2.65. The molecule has 1 heterocycles.